The normalized spacial score (nSPS) is 16.3. The predicted octanol–water partition coefficient (Wildman–Crippen LogP) is 1.22. The summed E-state index contributed by atoms with van der Waals surface area (Å²) >= 11 is 0. The van der Waals surface area contributed by atoms with E-state index in [1.165, 1.54) is 5.56 Å². The van der Waals surface area contributed by atoms with E-state index in [4.69, 9.17) is 0 Å². The van der Waals surface area contributed by atoms with Gasteiger partial charge in [-0.15, -0.1) is 5.10 Å². The predicted molar refractivity (Wildman–Crippen MR) is 79.0 cm³/mol. The van der Waals surface area contributed by atoms with Gasteiger partial charge < -0.3 is 10.6 Å². The number of aromatic nitrogens is 3. The number of hydrogen-bond acceptors (Lipinski definition) is 4. The fraction of sp³-hybridized carbons (Fsp3) is 0.400. The van der Waals surface area contributed by atoms with Crippen molar-refractivity contribution in [2.24, 2.45) is 0 Å². The molecule has 6 heteroatoms. The molecule has 0 aliphatic carbocycles. The molecule has 110 valence electrons. The lowest BCUT2D eigenvalue weighted by Gasteiger charge is -2.26. The van der Waals surface area contributed by atoms with Crippen LogP contribution in [-0.4, -0.2) is 34.0 Å². The first kappa shape index (κ1) is 13.8. The van der Waals surface area contributed by atoms with E-state index in [9.17, 15) is 4.79 Å². The molecular formula is C15H19N5O. The summed E-state index contributed by atoms with van der Waals surface area (Å²) in [6.07, 6.45) is 1.71. The molecule has 1 aromatic heterocycles. The van der Waals surface area contributed by atoms with Crippen LogP contribution in [0.15, 0.2) is 30.5 Å². The summed E-state index contributed by atoms with van der Waals surface area (Å²) < 4.78 is 1.75. The van der Waals surface area contributed by atoms with Gasteiger partial charge in [0.1, 0.15) is 0 Å². The van der Waals surface area contributed by atoms with E-state index < -0.39 is 0 Å². The van der Waals surface area contributed by atoms with Gasteiger partial charge in [-0.1, -0.05) is 35.0 Å². The topological polar surface area (TPSA) is 71.8 Å². The summed E-state index contributed by atoms with van der Waals surface area (Å²) in [6, 6.07) is 8.38. The minimum atomic E-state index is -0.193. The zero-order valence-electron chi connectivity index (χ0n) is 12.2. The second kappa shape index (κ2) is 5.65. The van der Waals surface area contributed by atoms with Crippen LogP contribution in [0.1, 0.15) is 40.6 Å². The van der Waals surface area contributed by atoms with Crippen molar-refractivity contribution in [1.29, 1.82) is 0 Å². The highest BCUT2D eigenvalue weighted by Crippen LogP contribution is 2.14. The monoisotopic (exact) mass is 285 g/mol. The maximum atomic E-state index is 12.2. The van der Waals surface area contributed by atoms with Gasteiger partial charge in [-0.25, -0.2) is 4.68 Å². The Morgan fingerprint density at radius 3 is 2.71 bits per heavy atom. The first-order valence-corrected chi connectivity index (χ1v) is 7.13. The molecule has 0 unspecified atom stereocenters. The SMILES string of the molecule is Cc1ccc([C@@H](C)NC(=O)c2cn(C3CNC3)nn2)cc1. The van der Waals surface area contributed by atoms with Gasteiger partial charge in [0, 0.05) is 13.1 Å². The van der Waals surface area contributed by atoms with Crippen LogP contribution in [0.2, 0.25) is 0 Å². The molecule has 2 N–H and O–H groups in total. The number of rotatable bonds is 4. The molecule has 0 radical (unpaired) electrons. The molecule has 0 spiro atoms. The molecule has 6 nitrogen and oxygen atoms in total. The lowest BCUT2D eigenvalue weighted by atomic mass is 10.1. The summed E-state index contributed by atoms with van der Waals surface area (Å²) in [5, 5.41) is 14.1. The van der Waals surface area contributed by atoms with Crippen molar-refractivity contribution < 1.29 is 4.79 Å². The summed E-state index contributed by atoms with van der Waals surface area (Å²) in [7, 11) is 0. The molecule has 2 heterocycles. The number of nitrogens with one attached hydrogen (secondary N) is 2. The molecule has 1 aromatic carbocycles. The number of hydrogen-bond donors (Lipinski definition) is 2. The van der Waals surface area contributed by atoms with Crippen LogP contribution < -0.4 is 10.6 Å². The van der Waals surface area contributed by atoms with Crippen molar-refractivity contribution in [3.05, 3.63) is 47.3 Å². The highest BCUT2D eigenvalue weighted by atomic mass is 16.2. The quantitative estimate of drug-likeness (QED) is 0.886. The van der Waals surface area contributed by atoms with E-state index >= 15 is 0 Å². The molecule has 1 amide bonds. The van der Waals surface area contributed by atoms with Gasteiger partial charge in [0.25, 0.3) is 5.91 Å². The molecule has 1 fully saturated rings. The molecule has 1 saturated heterocycles. The largest absolute Gasteiger partial charge is 0.344 e. The van der Waals surface area contributed by atoms with Gasteiger partial charge in [-0.2, -0.15) is 0 Å². The van der Waals surface area contributed by atoms with E-state index in [0.717, 1.165) is 18.7 Å². The minimum absolute atomic E-state index is 0.0615. The Morgan fingerprint density at radius 2 is 2.10 bits per heavy atom. The molecule has 1 aliphatic rings. The average Bonchev–Trinajstić information content (AvgIpc) is 2.86. The van der Waals surface area contributed by atoms with Gasteiger partial charge in [0.05, 0.1) is 18.3 Å². The Hall–Kier alpha value is -2.21. The third kappa shape index (κ3) is 2.95. The number of aryl methyl sites for hydroxylation is 1. The molecule has 3 rings (SSSR count). The Morgan fingerprint density at radius 1 is 1.38 bits per heavy atom. The third-order valence-electron chi connectivity index (χ3n) is 3.80. The lowest BCUT2D eigenvalue weighted by molar-refractivity contribution is 0.0934. The highest BCUT2D eigenvalue weighted by molar-refractivity contribution is 5.92. The fourth-order valence-corrected chi connectivity index (χ4v) is 2.23. The highest BCUT2D eigenvalue weighted by Gasteiger charge is 2.22. The van der Waals surface area contributed by atoms with Crippen molar-refractivity contribution >= 4 is 5.91 Å². The molecule has 1 aliphatic heterocycles. The molecule has 1 atom stereocenters. The van der Waals surface area contributed by atoms with Crippen LogP contribution in [0.4, 0.5) is 0 Å². The number of carbonyl (C=O) groups excluding carboxylic acids is 1. The van der Waals surface area contributed by atoms with E-state index in [1.54, 1.807) is 10.9 Å². The third-order valence-corrected chi connectivity index (χ3v) is 3.80. The van der Waals surface area contributed by atoms with Crippen LogP contribution in [0, 0.1) is 6.92 Å². The van der Waals surface area contributed by atoms with Gasteiger partial charge in [0.15, 0.2) is 5.69 Å². The average molecular weight is 285 g/mol. The second-order valence-corrected chi connectivity index (χ2v) is 5.50. The summed E-state index contributed by atoms with van der Waals surface area (Å²) in [5.41, 5.74) is 2.64. The zero-order chi connectivity index (χ0) is 14.8. The summed E-state index contributed by atoms with van der Waals surface area (Å²) in [5.74, 6) is -0.193. The van der Waals surface area contributed by atoms with Crippen molar-refractivity contribution in [2.45, 2.75) is 25.9 Å². The van der Waals surface area contributed by atoms with Gasteiger partial charge in [-0.3, -0.25) is 4.79 Å². The lowest BCUT2D eigenvalue weighted by Crippen LogP contribution is -2.43. The van der Waals surface area contributed by atoms with Crippen molar-refractivity contribution in [3.63, 3.8) is 0 Å². The first-order valence-electron chi connectivity index (χ1n) is 7.13. The Labute approximate surface area is 123 Å². The molecule has 0 saturated carbocycles. The molecule has 2 aromatic rings. The van der Waals surface area contributed by atoms with Crippen molar-refractivity contribution in [2.75, 3.05) is 13.1 Å². The molecular weight excluding hydrogens is 266 g/mol. The number of carbonyl (C=O) groups is 1. The number of nitrogens with zero attached hydrogens (tertiary/aromatic N) is 3. The molecule has 0 bridgehead atoms. The fourth-order valence-electron chi connectivity index (χ4n) is 2.23. The zero-order valence-corrected chi connectivity index (χ0v) is 12.2. The first-order chi connectivity index (χ1) is 10.1. The maximum Gasteiger partial charge on any atom is 0.273 e. The van der Waals surface area contributed by atoms with Gasteiger partial charge in [-0.05, 0) is 19.4 Å². The van der Waals surface area contributed by atoms with Crippen molar-refractivity contribution in [3.8, 4) is 0 Å². The minimum Gasteiger partial charge on any atom is -0.344 e. The maximum absolute atomic E-state index is 12.2. The van der Waals surface area contributed by atoms with E-state index in [2.05, 4.69) is 20.9 Å². The summed E-state index contributed by atoms with van der Waals surface area (Å²) in [6.45, 7) is 5.76. The number of benzene rings is 1. The van der Waals surface area contributed by atoms with Crippen LogP contribution in [0.3, 0.4) is 0 Å². The van der Waals surface area contributed by atoms with Gasteiger partial charge >= 0.3 is 0 Å². The van der Waals surface area contributed by atoms with E-state index in [1.807, 2.05) is 38.1 Å². The van der Waals surface area contributed by atoms with Crippen LogP contribution >= 0.6 is 0 Å². The van der Waals surface area contributed by atoms with Gasteiger partial charge in [0.2, 0.25) is 0 Å². The van der Waals surface area contributed by atoms with E-state index in [-0.39, 0.29) is 11.9 Å². The van der Waals surface area contributed by atoms with Crippen molar-refractivity contribution in [1.82, 2.24) is 25.6 Å². The Bertz CT molecular complexity index is 630. The molecule has 21 heavy (non-hydrogen) atoms. The summed E-state index contributed by atoms with van der Waals surface area (Å²) in [4.78, 5) is 12.2. The van der Waals surface area contributed by atoms with Crippen LogP contribution in [0.25, 0.3) is 0 Å². The van der Waals surface area contributed by atoms with Crippen LogP contribution in [-0.2, 0) is 0 Å². The van der Waals surface area contributed by atoms with Crippen LogP contribution in [0.5, 0.6) is 0 Å². The Balaban J connectivity index is 1.65. The van der Waals surface area contributed by atoms with E-state index in [0.29, 0.717) is 11.7 Å². The number of amides is 1. The smallest absolute Gasteiger partial charge is 0.273 e. The standard InChI is InChI=1S/C15H19N5O/c1-10-3-5-12(6-4-10)11(2)17-15(21)14-9-20(19-18-14)13-7-16-8-13/h3-6,9,11,13,16H,7-8H2,1-2H3,(H,17,21)/t11-/m1/s1. The Kier molecular flexibility index (Phi) is 3.70. The second-order valence-electron chi connectivity index (χ2n) is 5.50.